The fraction of sp³-hybridized carbons (Fsp3) is 0.0667. The zero-order valence-electron chi connectivity index (χ0n) is 10.6. The number of carbonyl (C=O) groups is 2. The van der Waals surface area contributed by atoms with Gasteiger partial charge in [-0.25, -0.2) is 4.79 Å². The average Bonchev–Trinajstić information content (AvgIpc) is 2.40. The van der Waals surface area contributed by atoms with E-state index < -0.39 is 11.8 Å². The van der Waals surface area contributed by atoms with Crippen LogP contribution in [0.1, 0.15) is 31.8 Å². The quantitative estimate of drug-likeness (QED) is 0.851. The van der Waals surface area contributed by atoms with Gasteiger partial charge in [0.25, 0.3) is 0 Å². The van der Waals surface area contributed by atoms with E-state index in [0.717, 1.165) is 0 Å². The summed E-state index contributed by atoms with van der Waals surface area (Å²) >= 11 is 5.81. The molecule has 0 fully saturated rings. The van der Waals surface area contributed by atoms with Crippen molar-refractivity contribution in [1.82, 2.24) is 0 Å². The van der Waals surface area contributed by atoms with E-state index in [9.17, 15) is 14.7 Å². The molecule has 2 aromatic rings. The molecule has 0 saturated carbocycles. The molecule has 0 aliphatic rings. The summed E-state index contributed by atoms with van der Waals surface area (Å²) < 4.78 is 0. The lowest BCUT2D eigenvalue weighted by atomic mass is 9.94. The van der Waals surface area contributed by atoms with Crippen molar-refractivity contribution in [2.75, 3.05) is 0 Å². The fourth-order valence-electron chi connectivity index (χ4n) is 1.97. The fourth-order valence-corrected chi connectivity index (χ4v) is 2.14. The first-order valence-electron chi connectivity index (χ1n) is 5.78. The van der Waals surface area contributed by atoms with Gasteiger partial charge in [-0.3, -0.25) is 4.79 Å². The monoisotopic (exact) mass is 290 g/mol. The molecule has 0 aliphatic carbocycles. The summed E-state index contributed by atoms with van der Waals surface area (Å²) in [4.78, 5) is 23.7. The molecule has 0 heterocycles. The summed E-state index contributed by atoms with van der Waals surface area (Å²) in [7, 11) is 0. The van der Waals surface area contributed by atoms with Gasteiger partial charge in [-0.2, -0.15) is 0 Å². The summed E-state index contributed by atoms with van der Waals surface area (Å²) in [5.74, 6) is -2.00. The van der Waals surface area contributed by atoms with Crippen molar-refractivity contribution in [2.45, 2.75) is 6.92 Å². The molecule has 0 bridgehead atoms. The third-order valence-electron chi connectivity index (χ3n) is 2.93. The van der Waals surface area contributed by atoms with E-state index in [1.807, 2.05) is 0 Å². The molecule has 5 heteroatoms. The van der Waals surface area contributed by atoms with E-state index in [2.05, 4.69) is 0 Å². The number of aromatic carboxylic acids is 1. The van der Waals surface area contributed by atoms with E-state index in [4.69, 9.17) is 16.7 Å². The van der Waals surface area contributed by atoms with Gasteiger partial charge in [-0.1, -0.05) is 23.7 Å². The number of carboxylic acids is 1. The van der Waals surface area contributed by atoms with Gasteiger partial charge >= 0.3 is 5.97 Å². The molecule has 0 saturated heterocycles. The molecule has 0 radical (unpaired) electrons. The van der Waals surface area contributed by atoms with Gasteiger partial charge in [-0.15, -0.1) is 0 Å². The minimum absolute atomic E-state index is 0.0192. The number of phenolic OH excluding ortho intramolecular Hbond substituents is 1. The van der Waals surface area contributed by atoms with Crippen molar-refractivity contribution >= 4 is 23.4 Å². The summed E-state index contributed by atoms with van der Waals surface area (Å²) in [6.07, 6.45) is 0. The lowest BCUT2D eigenvalue weighted by Gasteiger charge is -2.10. The normalized spacial score (nSPS) is 10.3. The Morgan fingerprint density at radius 3 is 2.45 bits per heavy atom. The van der Waals surface area contributed by atoms with Crippen LogP contribution in [-0.4, -0.2) is 22.0 Å². The topological polar surface area (TPSA) is 74.6 Å². The molecular weight excluding hydrogens is 280 g/mol. The van der Waals surface area contributed by atoms with Crippen LogP contribution in [0.4, 0.5) is 0 Å². The third kappa shape index (κ3) is 2.51. The zero-order chi connectivity index (χ0) is 14.9. The molecule has 0 aliphatic heterocycles. The number of halogens is 1. The Balaban J connectivity index is 2.65. The number of hydrogen-bond donors (Lipinski definition) is 2. The van der Waals surface area contributed by atoms with Gasteiger partial charge in [0, 0.05) is 10.6 Å². The number of aryl methyl sites for hydroxylation is 1. The van der Waals surface area contributed by atoms with Crippen LogP contribution in [0, 0.1) is 6.92 Å². The standard InChI is InChI=1S/C15H11ClO4/c1-8-3-2-4-10(15(19)20)13(8)14(18)11-7-9(16)5-6-12(11)17/h2-7,17H,1H3,(H,19,20). The SMILES string of the molecule is Cc1cccc(C(=O)O)c1C(=O)c1cc(Cl)ccc1O. The zero-order valence-corrected chi connectivity index (χ0v) is 11.3. The number of carboxylic acid groups (broad SMARTS) is 1. The van der Waals surface area contributed by atoms with Crippen LogP contribution >= 0.6 is 11.6 Å². The van der Waals surface area contributed by atoms with E-state index in [-0.39, 0.29) is 27.5 Å². The number of ketones is 1. The second-order valence-electron chi connectivity index (χ2n) is 4.29. The second-order valence-corrected chi connectivity index (χ2v) is 4.73. The first kappa shape index (κ1) is 14.1. The highest BCUT2D eigenvalue weighted by atomic mass is 35.5. The van der Waals surface area contributed by atoms with Gasteiger partial charge in [0.05, 0.1) is 11.1 Å². The van der Waals surface area contributed by atoms with E-state index >= 15 is 0 Å². The maximum atomic E-state index is 12.5. The Bertz CT molecular complexity index is 707. The third-order valence-corrected chi connectivity index (χ3v) is 3.17. The van der Waals surface area contributed by atoms with Crippen LogP contribution in [0.15, 0.2) is 36.4 Å². The van der Waals surface area contributed by atoms with Crippen LogP contribution < -0.4 is 0 Å². The van der Waals surface area contributed by atoms with Crippen molar-refractivity contribution in [3.8, 4) is 5.75 Å². The molecule has 0 aromatic heterocycles. The number of benzene rings is 2. The molecule has 4 nitrogen and oxygen atoms in total. The van der Waals surface area contributed by atoms with Gasteiger partial charge in [0.1, 0.15) is 5.75 Å². The highest BCUT2D eigenvalue weighted by Gasteiger charge is 2.22. The molecule has 102 valence electrons. The number of hydrogen-bond acceptors (Lipinski definition) is 3. The average molecular weight is 291 g/mol. The van der Waals surface area contributed by atoms with Crippen LogP contribution in [0.25, 0.3) is 0 Å². The Kier molecular flexibility index (Phi) is 3.77. The van der Waals surface area contributed by atoms with Crippen molar-refractivity contribution in [1.29, 1.82) is 0 Å². The van der Waals surface area contributed by atoms with E-state index in [0.29, 0.717) is 5.56 Å². The Labute approximate surface area is 120 Å². The number of carbonyl (C=O) groups excluding carboxylic acids is 1. The van der Waals surface area contributed by atoms with Crippen molar-refractivity contribution in [2.24, 2.45) is 0 Å². The van der Waals surface area contributed by atoms with Gasteiger partial charge in [-0.05, 0) is 36.8 Å². The van der Waals surface area contributed by atoms with Crippen molar-refractivity contribution < 1.29 is 19.8 Å². The summed E-state index contributed by atoms with van der Waals surface area (Å²) in [6.45, 7) is 1.64. The number of phenols is 1. The molecular formula is C15H11ClO4. The minimum atomic E-state index is -1.20. The van der Waals surface area contributed by atoms with E-state index in [1.54, 1.807) is 19.1 Å². The Hall–Kier alpha value is -2.33. The molecule has 0 amide bonds. The molecule has 0 atom stereocenters. The maximum Gasteiger partial charge on any atom is 0.336 e. The Morgan fingerprint density at radius 1 is 1.10 bits per heavy atom. The van der Waals surface area contributed by atoms with Gasteiger partial charge < -0.3 is 10.2 Å². The largest absolute Gasteiger partial charge is 0.507 e. The highest BCUT2D eigenvalue weighted by Crippen LogP contribution is 2.27. The first-order valence-corrected chi connectivity index (χ1v) is 6.15. The number of aromatic hydroxyl groups is 1. The highest BCUT2D eigenvalue weighted by molar-refractivity contribution is 6.31. The van der Waals surface area contributed by atoms with Crippen LogP contribution in [0.2, 0.25) is 5.02 Å². The molecule has 2 N–H and O–H groups in total. The van der Waals surface area contributed by atoms with Crippen LogP contribution in [-0.2, 0) is 0 Å². The minimum Gasteiger partial charge on any atom is -0.507 e. The smallest absolute Gasteiger partial charge is 0.336 e. The van der Waals surface area contributed by atoms with Crippen molar-refractivity contribution in [3.63, 3.8) is 0 Å². The van der Waals surface area contributed by atoms with Crippen molar-refractivity contribution in [3.05, 3.63) is 63.7 Å². The second kappa shape index (κ2) is 5.35. The van der Waals surface area contributed by atoms with Gasteiger partial charge in [0.15, 0.2) is 5.78 Å². The Morgan fingerprint density at radius 2 is 1.80 bits per heavy atom. The number of rotatable bonds is 3. The summed E-state index contributed by atoms with van der Waals surface area (Å²) in [5, 5.41) is 19.2. The summed E-state index contributed by atoms with van der Waals surface area (Å²) in [6, 6.07) is 8.62. The molecule has 20 heavy (non-hydrogen) atoms. The predicted octanol–water partition coefficient (Wildman–Crippen LogP) is 3.28. The van der Waals surface area contributed by atoms with E-state index in [1.165, 1.54) is 24.3 Å². The first-order chi connectivity index (χ1) is 9.41. The lowest BCUT2D eigenvalue weighted by Crippen LogP contribution is -2.12. The van der Waals surface area contributed by atoms with Gasteiger partial charge in [0.2, 0.25) is 0 Å². The molecule has 2 rings (SSSR count). The van der Waals surface area contributed by atoms with Crippen LogP contribution in [0.3, 0.4) is 0 Å². The van der Waals surface area contributed by atoms with Crippen LogP contribution in [0.5, 0.6) is 5.75 Å². The molecule has 0 unspecified atom stereocenters. The lowest BCUT2D eigenvalue weighted by molar-refractivity contribution is 0.0692. The summed E-state index contributed by atoms with van der Waals surface area (Å²) in [5.41, 5.74) is 0.454. The maximum absolute atomic E-state index is 12.5. The predicted molar refractivity (Wildman–Crippen MR) is 74.7 cm³/mol. The molecule has 0 spiro atoms. The molecule has 2 aromatic carbocycles.